The van der Waals surface area contributed by atoms with E-state index in [0.717, 1.165) is 11.8 Å². The first-order chi connectivity index (χ1) is 6.04. The van der Waals surface area contributed by atoms with Crippen molar-refractivity contribution in [1.29, 1.82) is 0 Å². The predicted molar refractivity (Wildman–Crippen MR) is 61.0 cm³/mol. The maximum absolute atomic E-state index is 3.56. The molecule has 0 spiro atoms. The largest absolute Gasteiger partial charge is 0.314 e. The Morgan fingerprint density at radius 2 is 1.54 bits per heavy atom. The zero-order chi connectivity index (χ0) is 10.3. The highest BCUT2D eigenvalue weighted by Gasteiger charge is 2.04. The van der Waals surface area contributed by atoms with E-state index in [-0.39, 0.29) is 0 Å². The summed E-state index contributed by atoms with van der Waals surface area (Å²) >= 11 is 0. The Balaban J connectivity index is 3.16. The normalized spacial score (nSPS) is 14.1. The fraction of sp³-hybridized carbons (Fsp3) is 1.00. The summed E-state index contributed by atoms with van der Waals surface area (Å²) in [6.07, 6.45) is 4.07. The smallest absolute Gasteiger partial charge is 0.00617 e. The Labute approximate surface area is 84.3 Å². The lowest BCUT2D eigenvalue weighted by Crippen LogP contribution is -2.31. The molecule has 0 amide bonds. The molecule has 0 saturated heterocycles. The minimum atomic E-state index is 0.666. The van der Waals surface area contributed by atoms with Crippen LogP contribution in [-0.4, -0.2) is 12.6 Å². The highest BCUT2D eigenvalue weighted by atomic mass is 14.9. The SMILES string of the molecule is CC(C)CCCCNC(C)C(C)C. The molecule has 0 aliphatic heterocycles. The van der Waals surface area contributed by atoms with Crippen molar-refractivity contribution >= 4 is 0 Å². The minimum absolute atomic E-state index is 0.666. The fourth-order valence-electron chi connectivity index (χ4n) is 1.24. The summed E-state index contributed by atoms with van der Waals surface area (Å²) in [5.74, 6) is 1.62. The Morgan fingerprint density at radius 3 is 2.00 bits per heavy atom. The molecule has 0 saturated carbocycles. The summed E-state index contributed by atoms with van der Waals surface area (Å²) in [7, 11) is 0. The van der Waals surface area contributed by atoms with E-state index in [1.165, 1.54) is 25.8 Å². The molecule has 80 valence electrons. The molecule has 1 nitrogen and oxygen atoms in total. The molecule has 0 rings (SSSR count). The lowest BCUT2D eigenvalue weighted by atomic mass is 10.0. The van der Waals surface area contributed by atoms with E-state index in [0.29, 0.717) is 6.04 Å². The quantitative estimate of drug-likeness (QED) is 0.599. The number of hydrogen-bond donors (Lipinski definition) is 1. The van der Waals surface area contributed by atoms with Gasteiger partial charge in [-0.15, -0.1) is 0 Å². The van der Waals surface area contributed by atoms with E-state index >= 15 is 0 Å². The number of nitrogens with one attached hydrogen (secondary N) is 1. The van der Waals surface area contributed by atoms with Gasteiger partial charge < -0.3 is 5.32 Å². The van der Waals surface area contributed by atoms with Gasteiger partial charge in [0, 0.05) is 6.04 Å². The van der Waals surface area contributed by atoms with Crippen LogP contribution in [-0.2, 0) is 0 Å². The van der Waals surface area contributed by atoms with Crippen molar-refractivity contribution < 1.29 is 0 Å². The molecule has 0 fully saturated rings. The van der Waals surface area contributed by atoms with E-state index in [4.69, 9.17) is 0 Å². The number of hydrogen-bond acceptors (Lipinski definition) is 1. The van der Waals surface area contributed by atoms with E-state index in [1.54, 1.807) is 0 Å². The molecule has 0 heterocycles. The van der Waals surface area contributed by atoms with Crippen molar-refractivity contribution in [1.82, 2.24) is 5.32 Å². The maximum atomic E-state index is 3.56. The fourth-order valence-corrected chi connectivity index (χ4v) is 1.24. The van der Waals surface area contributed by atoms with Crippen LogP contribution in [0.5, 0.6) is 0 Å². The molecular weight excluding hydrogens is 158 g/mol. The van der Waals surface area contributed by atoms with Gasteiger partial charge in [-0.3, -0.25) is 0 Å². The summed E-state index contributed by atoms with van der Waals surface area (Å²) in [4.78, 5) is 0. The third-order valence-corrected chi connectivity index (χ3v) is 2.67. The van der Waals surface area contributed by atoms with Crippen molar-refractivity contribution in [3.05, 3.63) is 0 Å². The third kappa shape index (κ3) is 8.29. The van der Waals surface area contributed by atoms with Crippen LogP contribution < -0.4 is 5.32 Å². The van der Waals surface area contributed by atoms with Crippen LogP contribution in [0.3, 0.4) is 0 Å². The van der Waals surface area contributed by atoms with Gasteiger partial charge >= 0.3 is 0 Å². The Morgan fingerprint density at radius 1 is 0.923 bits per heavy atom. The van der Waals surface area contributed by atoms with Crippen LogP contribution >= 0.6 is 0 Å². The molecule has 0 aromatic carbocycles. The van der Waals surface area contributed by atoms with Crippen LogP contribution in [0, 0.1) is 11.8 Å². The molecule has 1 heteroatoms. The molecule has 0 aromatic rings. The molecule has 0 aliphatic carbocycles. The van der Waals surface area contributed by atoms with E-state index < -0.39 is 0 Å². The zero-order valence-corrected chi connectivity index (χ0v) is 10.1. The molecule has 0 bridgehead atoms. The summed E-state index contributed by atoms with van der Waals surface area (Å²) in [5, 5.41) is 3.56. The van der Waals surface area contributed by atoms with Gasteiger partial charge in [-0.2, -0.15) is 0 Å². The lowest BCUT2D eigenvalue weighted by molar-refractivity contribution is 0.415. The third-order valence-electron chi connectivity index (χ3n) is 2.67. The average molecular weight is 185 g/mol. The Bertz CT molecular complexity index is 108. The average Bonchev–Trinajstić information content (AvgIpc) is 2.02. The molecule has 13 heavy (non-hydrogen) atoms. The summed E-state index contributed by atoms with van der Waals surface area (Å²) < 4.78 is 0. The first kappa shape index (κ1) is 13.0. The van der Waals surface area contributed by atoms with Crippen LogP contribution in [0.25, 0.3) is 0 Å². The molecule has 0 aliphatic rings. The summed E-state index contributed by atoms with van der Waals surface area (Å²) in [6.45, 7) is 12.6. The van der Waals surface area contributed by atoms with Crippen molar-refractivity contribution in [3.63, 3.8) is 0 Å². The minimum Gasteiger partial charge on any atom is -0.314 e. The Kier molecular flexibility index (Phi) is 7.35. The Hall–Kier alpha value is -0.0400. The molecular formula is C12H27N. The van der Waals surface area contributed by atoms with Crippen LogP contribution in [0.1, 0.15) is 53.9 Å². The van der Waals surface area contributed by atoms with E-state index in [2.05, 4.69) is 39.9 Å². The summed E-state index contributed by atoms with van der Waals surface area (Å²) in [5.41, 5.74) is 0. The van der Waals surface area contributed by atoms with Gasteiger partial charge in [0.15, 0.2) is 0 Å². The first-order valence-electron chi connectivity index (χ1n) is 5.77. The second-order valence-electron chi connectivity index (χ2n) is 4.88. The van der Waals surface area contributed by atoms with E-state index in [9.17, 15) is 0 Å². The number of rotatable bonds is 7. The molecule has 1 N–H and O–H groups in total. The van der Waals surface area contributed by atoms with Crippen molar-refractivity contribution in [2.75, 3.05) is 6.54 Å². The van der Waals surface area contributed by atoms with Crippen LogP contribution in [0.4, 0.5) is 0 Å². The molecule has 1 atom stereocenters. The van der Waals surface area contributed by atoms with Gasteiger partial charge in [-0.25, -0.2) is 0 Å². The summed E-state index contributed by atoms with van der Waals surface area (Å²) in [6, 6.07) is 0.666. The highest BCUT2D eigenvalue weighted by molar-refractivity contribution is 4.63. The van der Waals surface area contributed by atoms with Crippen molar-refractivity contribution in [2.45, 2.75) is 59.9 Å². The monoisotopic (exact) mass is 185 g/mol. The van der Waals surface area contributed by atoms with Gasteiger partial charge in [-0.05, 0) is 31.7 Å². The van der Waals surface area contributed by atoms with Gasteiger partial charge in [0.25, 0.3) is 0 Å². The first-order valence-corrected chi connectivity index (χ1v) is 5.77. The van der Waals surface area contributed by atoms with Crippen LogP contribution in [0.2, 0.25) is 0 Å². The van der Waals surface area contributed by atoms with Gasteiger partial charge in [-0.1, -0.05) is 40.5 Å². The standard InChI is InChI=1S/C12H27N/c1-10(2)8-6-7-9-13-12(5)11(3)4/h10-13H,6-9H2,1-5H3. The predicted octanol–water partition coefficient (Wildman–Crippen LogP) is 3.45. The van der Waals surface area contributed by atoms with Crippen LogP contribution in [0.15, 0.2) is 0 Å². The second kappa shape index (κ2) is 7.37. The zero-order valence-electron chi connectivity index (χ0n) is 10.1. The number of unbranched alkanes of at least 4 members (excludes halogenated alkanes) is 1. The highest BCUT2D eigenvalue weighted by Crippen LogP contribution is 2.06. The van der Waals surface area contributed by atoms with Crippen molar-refractivity contribution in [2.24, 2.45) is 11.8 Å². The molecule has 1 unspecified atom stereocenters. The van der Waals surface area contributed by atoms with E-state index in [1.807, 2.05) is 0 Å². The topological polar surface area (TPSA) is 12.0 Å². The van der Waals surface area contributed by atoms with Crippen molar-refractivity contribution in [3.8, 4) is 0 Å². The lowest BCUT2D eigenvalue weighted by Gasteiger charge is -2.17. The molecule has 0 radical (unpaired) electrons. The van der Waals surface area contributed by atoms with Gasteiger partial charge in [0.05, 0.1) is 0 Å². The second-order valence-corrected chi connectivity index (χ2v) is 4.88. The van der Waals surface area contributed by atoms with Gasteiger partial charge in [0.2, 0.25) is 0 Å². The van der Waals surface area contributed by atoms with Gasteiger partial charge in [0.1, 0.15) is 0 Å². The maximum Gasteiger partial charge on any atom is 0.00617 e. The molecule has 0 aromatic heterocycles.